The molecule has 1 heterocycles. The first kappa shape index (κ1) is 22.3. The molecule has 9 heteroatoms. The van der Waals surface area contributed by atoms with Crippen molar-refractivity contribution in [1.82, 2.24) is 9.21 Å². The zero-order valence-electron chi connectivity index (χ0n) is 16.9. The Labute approximate surface area is 167 Å². The van der Waals surface area contributed by atoms with Crippen molar-refractivity contribution < 1.29 is 22.9 Å². The van der Waals surface area contributed by atoms with Gasteiger partial charge in [0.05, 0.1) is 11.9 Å². The van der Waals surface area contributed by atoms with Crippen molar-refractivity contribution in [3.05, 3.63) is 24.3 Å². The van der Waals surface area contributed by atoms with E-state index in [1.807, 2.05) is 13.8 Å². The van der Waals surface area contributed by atoms with E-state index in [2.05, 4.69) is 5.32 Å². The van der Waals surface area contributed by atoms with Crippen LogP contribution in [0.1, 0.15) is 26.7 Å². The van der Waals surface area contributed by atoms with Crippen LogP contribution in [0.4, 0.5) is 5.69 Å². The molecule has 1 aromatic rings. The van der Waals surface area contributed by atoms with E-state index in [1.165, 1.54) is 10.4 Å². The lowest BCUT2D eigenvalue weighted by molar-refractivity contribution is -0.862. The molecular weight excluding hydrogens is 380 g/mol. The average Bonchev–Trinajstić information content (AvgIpc) is 3.18. The maximum Gasteiger partial charge on any atom is 0.279 e. The van der Waals surface area contributed by atoms with Gasteiger partial charge in [0.15, 0.2) is 13.1 Å². The predicted molar refractivity (Wildman–Crippen MR) is 108 cm³/mol. The standard InChI is InChI=1S/C19H30N4O4S/c1-4-22(5-2)19(25)15-21(3)14-18(24)20-16-9-8-10-17(13-16)28(26,27)23-11-6-7-12-23/h8-10,13H,4-7,11-12,14-15H2,1-3H3,(H,20,24)/p+1. The Morgan fingerprint density at radius 2 is 1.79 bits per heavy atom. The highest BCUT2D eigenvalue weighted by atomic mass is 32.2. The smallest absolute Gasteiger partial charge is 0.279 e. The van der Waals surface area contributed by atoms with Crippen LogP contribution in [0, 0.1) is 0 Å². The summed E-state index contributed by atoms with van der Waals surface area (Å²) in [6.07, 6.45) is 1.74. The number of benzene rings is 1. The van der Waals surface area contributed by atoms with Gasteiger partial charge in [-0.15, -0.1) is 0 Å². The van der Waals surface area contributed by atoms with E-state index in [-0.39, 0.29) is 29.8 Å². The van der Waals surface area contributed by atoms with Gasteiger partial charge in [-0.1, -0.05) is 6.07 Å². The summed E-state index contributed by atoms with van der Waals surface area (Å²) in [6, 6.07) is 6.32. The van der Waals surface area contributed by atoms with Gasteiger partial charge < -0.3 is 15.1 Å². The van der Waals surface area contributed by atoms with Crippen molar-refractivity contribution in [2.75, 3.05) is 51.6 Å². The van der Waals surface area contributed by atoms with E-state index in [9.17, 15) is 18.0 Å². The van der Waals surface area contributed by atoms with E-state index in [1.54, 1.807) is 30.1 Å². The summed E-state index contributed by atoms with van der Waals surface area (Å²) < 4.78 is 26.8. The van der Waals surface area contributed by atoms with E-state index >= 15 is 0 Å². The minimum atomic E-state index is -3.52. The Hall–Kier alpha value is -1.97. The molecule has 1 aromatic carbocycles. The third-order valence-corrected chi connectivity index (χ3v) is 6.75. The van der Waals surface area contributed by atoms with Crippen molar-refractivity contribution in [2.45, 2.75) is 31.6 Å². The predicted octanol–water partition coefficient (Wildman–Crippen LogP) is -0.207. The van der Waals surface area contributed by atoms with Crippen LogP contribution in [0.15, 0.2) is 29.2 Å². The summed E-state index contributed by atoms with van der Waals surface area (Å²) in [4.78, 5) is 27.1. The highest BCUT2D eigenvalue weighted by Gasteiger charge is 2.27. The minimum Gasteiger partial charge on any atom is -0.338 e. The molecule has 1 atom stereocenters. The van der Waals surface area contributed by atoms with E-state index < -0.39 is 10.0 Å². The summed E-state index contributed by atoms with van der Waals surface area (Å²) >= 11 is 0. The zero-order valence-corrected chi connectivity index (χ0v) is 17.7. The van der Waals surface area contributed by atoms with Crippen LogP contribution in [-0.4, -0.2) is 75.8 Å². The van der Waals surface area contributed by atoms with Crippen molar-refractivity contribution in [3.8, 4) is 0 Å². The van der Waals surface area contributed by atoms with Crippen LogP contribution < -0.4 is 10.2 Å². The van der Waals surface area contributed by atoms with Crippen LogP contribution in [0.5, 0.6) is 0 Å². The number of nitrogens with zero attached hydrogens (tertiary/aromatic N) is 2. The molecule has 0 aliphatic carbocycles. The lowest BCUT2D eigenvalue weighted by Gasteiger charge is -2.21. The van der Waals surface area contributed by atoms with Crippen LogP contribution in [0.25, 0.3) is 0 Å². The van der Waals surface area contributed by atoms with Crippen molar-refractivity contribution in [1.29, 1.82) is 0 Å². The van der Waals surface area contributed by atoms with Crippen LogP contribution in [-0.2, 0) is 19.6 Å². The zero-order chi connectivity index (χ0) is 20.7. The second kappa shape index (κ2) is 9.99. The highest BCUT2D eigenvalue weighted by molar-refractivity contribution is 7.89. The van der Waals surface area contributed by atoms with Gasteiger partial charge in [0.2, 0.25) is 10.0 Å². The molecule has 1 fully saturated rings. The normalized spacial score (nSPS) is 16.0. The number of sulfonamides is 1. The van der Waals surface area contributed by atoms with Crippen molar-refractivity contribution in [2.24, 2.45) is 0 Å². The number of rotatable bonds is 9. The van der Waals surface area contributed by atoms with Crippen molar-refractivity contribution >= 4 is 27.5 Å². The average molecular weight is 412 g/mol. The molecule has 8 nitrogen and oxygen atoms in total. The van der Waals surface area contributed by atoms with Gasteiger partial charge in [-0.2, -0.15) is 4.31 Å². The molecule has 0 spiro atoms. The molecule has 1 aliphatic heterocycles. The molecule has 2 amide bonds. The van der Waals surface area contributed by atoms with Gasteiger partial charge in [0.25, 0.3) is 11.8 Å². The van der Waals surface area contributed by atoms with Crippen LogP contribution >= 0.6 is 0 Å². The fourth-order valence-electron chi connectivity index (χ4n) is 3.30. The number of hydrogen-bond donors (Lipinski definition) is 2. The first-order valence-electron chi connectivity index (χ1n) is 9.77. The second-order valence-electron chi connectivity index (χ2n) is 7.06. The third kappa shape index (κ3) is 5.76. The van der Waals surface area contributed by atoms with E-state index in [0.29, 0.717) is 31.9 Å². The third-order valence-electron chi connectivity index (χ3n) is 4.85. The Bertz CT molecular complexity index is 787. The highest BCUT2D eigenvalue weighted by Crippen LogP contribution is 2.22. The number of anilines is 1. The van der Waals surface area contributed by atoms with Gasteiger partial charge in [0.1, 0.15) is 0 Å². The van der Waals surface area contributed by atoms with Gasteiger partial charge in [-0.05, 0) is 44.9 Å². The quantitative estimate of drug-likeness (QED) is 0.588. The van der Waals surface area contributed by atoms with Gasteiger partial charge >= 0.3 is 0 Å². The lowest BCUT2D eigenvalue weighted by Crippen LogP contribution is -3.11. The summed E-state index contributed by atoms with van der Waals surface area (Å²) in [6.45, 7) is 6.56. The number of carbonyl (C=O) groups excluding carboxylic acids is 2. The Morgan fingerprint density at radius 3 is 2.39 bits per heavy atom. The summed E-state index contributed by atoms with van der Waals surface area (Å²) in [5, 5.41) is 2.74. The summed E-state index contributed by atoms with van der Waals surface area (Å²) in [5.74, 6) is -0.255. The molecule has 1 saturated heterocycles. The molecule has 0 aromatic heterocycles. The number of likely N-dealkylation sites (N-methyl/N-ethyl adjacent to an activating group) is 2. The molecule has 0 bridgehead atoms. The number of amides is 2. The van der Waals surface area contributed by atoms with Crippen LogP contribution in [0.3, 0.4) is 0 Å². The fraction of sp³-hybridized carbons (Fsp3) is 0.579. The topological polar surface area (TPSA) is 91.2 Å². The molecular formula is C19H31N4O4S+. The maximum atomic E-state index is 12.7. The first-order chi connectivity index (χ1) is 13.3. The monoisotopic (exact) mass is 411 g/mol. The van der Waals surface area contributed by atoms with E-state index in [4.69, 9.17) is 0 Å². The Kier molecular flexibility index (Phi) is 7.97. The molecule has 156 valence electrons. The lowest BCUT2D eigenvalue weighted by atomic mass is 10.3. The molecule has 1 aliphatic rings. The van der Waals surface area contributed by atoms with Crippen LogP contribution in [0.2, 0.25) is 0 Å². The van der Waals surface area contributed by atoms with Gasteiger partial charge in [-0.3, -0.25) is 9.59 Å². The summed E-state index contributed by atoms with van der Waals surface area (Å²) in [7, 11) is -1.74. The molecule has 1 unspecified atom stereocenters. The fourth-order valence-corrected chi connectivity index (χ4v) is 4.86. The Balaban J connectivity index is 1.96. The second-order valence-corrected chi connectivity index (χ2v) is 9.00. The SMILES string of the molecule is CCN(CC)C(=O)C[NH+](C)CC(=O)Nc1cccc(S(=O)(=O)N2CCCC2)c1. The number of nitrogens with one attached hydrogen (secondary N) is 2. The largest absolute Gasteiger partial charge is 0.338 e. The maximum absolute atomic E-state index is 12.7. The molecule has 2 N–H and O–H groups in total. The first-order valence-corrected chi connectivity index (χ1v) is 11.2. The molecule has 28 heavy (non-hydrogen) atoms. The number of hydrogen-bond acceptors (Lipinski definition) is 4. The van der Waals surface area contributed by atoms with Gasteiger partial charge in [-0.25, -0.2) is 8.42 Å². The van der Waals surface area contributed by atoms with E-state index in [0.717, 1.165) is 17.7 Å². The molecule has 0 saturated carbocycles. The van der Waals surface area contributed by atoms with Gasteiger partial charge in [0, 0.05) is 31.9 Å². The minimum absolute atomic E-state index is 0.00834. The molecule has 0 radical (unpaired) electrons. The summed E-state index contributed by atoms with van der Waals surface area (Å²) in [5.41, 5.74) is 0.438. The number of quaternary nitrogens is 1. The number of carbonyl (C=O) groups is 2. The molecule has 2 rings (SSSR count). The Morgan fingerprint density at radius 1 is 1.14 bits per heavy atom. The van der Waals surface area contributed by atoms with Crippen molar-refractivity contribution in [3.63, 3.8) is 0 Å².